The number of furan rings is 1. The molecule has 4 rings (SSSR count). The summed E-state index contributed by atoms with van der Waals surface area (Å²) in [5, 5.41) is 14.7. The lowest BCUT2D eigenvalue weighted by Crippen LogP contribution is -2.31. The van der Waals surface area contributed by atoms with Crippen LogP contribution in [-0.2, 0) is 22.5 Å². The van der Waals surface area contributed by atoms with E-state index in [0.717, 1.165) is 18.7 Å². The molecule has 1 unspecified atom stereocenters. The fourth-order valence-corrected chi connectivity index (χ4v) is 3.02. The van der Waals surface area contributed by atoms with Crippen molar-refractivity contribution in [3.8, 4) is 0 Å². The number of rotatable bonds is 5. The van der Waals surface area contributed by atoms with Gasteiger partial charge in [-0.2, -0.15) is 18.3 Å². The Bertz CT molecular complexity index is 1030. The highest BCUT2D eigenvalue weighted by molar-refractivity contribution is 5.91. The van der Waals surface area contributed by atoms with Crippen molar-refractivity contribution in [3.63, 3.8) is 0 Å². The van der Waals surface area contributed by atoms with Crippen molar-refractivity contribution < 1.29 is 37.0 Å². The third-order valence-electron chi connectivity index (χ3n) is 4.49. The summed E-state index contributed by atoms with van der Waals surface area (Å²) in [6.07, 6.45) is -0.923. The first-order valence-corrected chi connectivity index (χ1v) is 9.57. The van der Waals surface area contributed by atoms with Crippen LogP contribution in [0.5, 0.6) is 0 Å². The van der Waals surface area contributed by atoms with Crippen molar-refractivity contribution >= 4 is 11.9 Å². The SMILES string of the molecule is O=C(NCC1OCCc2cn(Cc3ccccc3)nc21)c1ccco1.O=C(O)C(F)(F)F. The topological polar surface area (TPSA) is 107 Å². The molecule has 1 aliphatic rings. The van der Waals surface area contributed by atoms with Gasteiger partial charge in [-0.15, -0.1) is 0 Å². The Balaban J connectivity index is 0.000000360. The lowest BCUT2D eigenvalue weighted by atomic mass is 10.1. The summed E-state index contributed by atoms with van der Waals surface area (Å²) in [7, 11) is 0. The second kappa shape index (κ2) is 10.1. The Kier molecular flexibility index (Phi) is 7.31. The van der Waals surface area contributed by atoms with E-state index in [0.29, 0.717) is 18.9 Å². The van der Waals surface area contributed by atoms with Crippen molar-refractivity contribution in [1.82, 2.24) is 15.1 Å². The summed E-state index contributed by atoms with van der Waals surface area (Å²) in [5.41, 5.74) is 3.28. The molecule has 0 aliphatic carbocycles. The van der Waals surface area contributed by atoms with Gasteiger partial charge in [-0.3, -0.25) is 9.48 Å². The van der Waals surface area contributed by atoms with Crippen molar-refractivity contribution in [2.75, 3.05) is 13.2 Å². The van der Waals surface area contributed by atoms with Gasteiger partial charge in [0.2, 0.25) is 0 Å². The summed E-state index contributed by atoms with van der Waals surface area (Å²) in [4.78, 5) is 20.9. The minimum absolute atomic E-state index is 0.236. The third kappa shape index (κ3) is 6.20. The van der Waals surface area contributed by atoms with E-state index in [1.807, 2.05) is 22.9 Å². The molecule has 0 saturated carbocycles. The fraction of sp³-hybridized carbons (Fsp3) is 0.286. The van der Waals surface area contributed by atoms with Gasteiger partial charge in [0.25, 0.3) is 5.91 Å². The minimum atomic E-state index is -5.08. The second-order valence-electron chi connectivity index (χ2n) is 6.82. The molecule has 11 heteroatoms. The Labute approximate surface area is 180 Å². The molecule has 0 bridgehead atoms. The van der Waals surface area contributed by atoms with Gasteiger partial charge < -0.3 is 19.6 Å². The number of nitrogens with zero attached hydrogens (tertiary/aromatic N) is 2. The average molecular weight is 451 g/mol. The zero-order valence-electron chi connectivity index (χ0n) is 16.7. The Morgan fingerprint density at radius 3 is 2.53 bits per heavy atom. The van der Waals surface area contributed by atoms with E-state index in [9.17, 15) is 18.0 Å². The van der Waals surface area contributed by atoms with E-state index in [1.165, 1.54) is 17.4 Å². The van der Waals surface area contributed by atoms with Gasteiger partial charge in [-0.25, -0.2) is 4.79 Å². The maximum absolute atomic E-state index is 12.0. The number of aliphatic carboxylic acids is 1. The number of ether oxygens (including phenoxy) is 1. The molecule has 170 valence electrons. The van der Waals surface area contributed by atoms with Gasteiger partial charge in [0.15, 0.2) is 5.76 Å². The maximum Gasteiger partial charge on any atom is 0.490 e. The summed E-state index contributed by atoms with van der Waals surface area (Å²) in [6, 6.07) is 13.5. The molecule has 2 N–H and O–H groups in total. The number of amides is 1. The van der Waals surface area contributed by atoms with Crippen LogP contribution >= 0.6 is 0 Å². The van der Waals surface area contributed by atoms with Crippen LogP contribution < -0.4 is 5.32 Å². The maximum atomic E-state index is 12.0. The number of alkyl halides is 3. The van der Waals surface area contributed by atoms with Crippen LogP contribution in [0.4, 0.5) is 13.2 Å². The van der Waals surface area contributed by atoms with E-state index in [4.69, 9.17) is 19.1 Å². The summed E-state index contributed by atoms with van der Waals surface area (Å²) in [6.45, 7) is 1.72. The molecule has 0 fully saturated rings. The molecule has 3 heterocycles. The lowest BCUT2D eigenvalue weighted by molar-refractivity contribution is -0.192. The molecule has 1 aliphatic heterocycles. The molecule has 1 amide bonds. The fourth-order valence-electron chi connectivity index (χ4n) is 3.02. The number of hydrogen-bond acceptors (Lipinski definition) is 5. The highest BCUT2D eigenvalue weighted by Gasteiger charge is 2.38. The zero-order chi connectivity index (χ0) is 23.1. The van der Waals surface area contributed by atoms with Crippen molar-refractivity contribution in [2.24, 2.45) is 0 Å². The summed E-state index contributed by atoms with van der Waals surface area (Å²) >= 11 is 0. The number of carbonyl (C=O) groups excluding carboxylic acids is 1. The number of fused-ring (bicyclic) bond motifs is 1. The van der Waals surface area contributed by atoms with E-state index >= 15 is 0 Å². The number of nitrogens with one attached hydrogen (secondary N) is 1. The number of carboxylic acid groups (broad SMARTS) is 1. The first-order chi connectivity index (χ1) is 15.2. The first-order valence-electron chi connectivity index (χ1n) is 9.57. The molecule has 1 aromatic carbocycles. The molecule has 0 radical (unpaired) electrons. The Hall–Kier alpha value is -3.60. The van der Waals surface area contributed by atoms with Gasteiger partial charge in [0.05, 0.1) is 25.1 Å². The van der Waals surface area contributed by atoms with Crippen molar-refractivity contribution in [3.05, 3.63) is 77.5 Å². The van der Waals surface area contributed by atoms with E-state index < -0.39 is 12.1 Å². The highest BCUT2D eigenvalue weighted by Crippen LogP contribution is 2.25. The predicted octanol–water partition coefficient (Wildman–Crippen LogP) is 3.20. The third-order valence-corrected chi connectivity index (χ3v) is 4.49. The van der Waals surface area contributed by atoms with Crippen LogP contribution in [-0.4, -0.2) is 46.1 Å². The molecule has 3 aromatic rings. The minimum Gasteiger partial charge on any atom is -0.475 e. The van der Waals surface area contributed by atoms with Crippen molar-refractivity contribution in [2.45, 2.75) is 25.2 Å². The van der Waals surface area contributed by atoms with Crippen LogP contribution in [0.3, 0.4) is 0 Å². The van der Waals surface area contributed by atoms with Crippen LogP contribution in [0, 0.1) is 0 Å². The van der Waals surface area contributed by atoms with Crippen LogP contribution in [0.25, 0.3) is 0 Å². The number of carboxylic acids is 1. The Morgan fingerprint density at radius 1 is 1.19 bits per heavy atom. The highest BCUT2D eigenvalue weighted by atomic mass is 19.4. The van der Waals surface area contributed by atoms with Gasteiger partial charge in [0.1, 0.15) is 6.10 Å². The van der Waals surface area contributed by atoms with Crippen LogP contribution in [0.2, 0.25) is 0 Å². The van der Waals surface area contributed by atoms with E-state index in [-0.39, 0.29) is 12.0 Å². The number of halogens is 3. The Morgan fingerprint density at radius 2 is 1.91 bits per heavy atom. The number of aromatic nitrogens is 2. The summed E-state index contributed by atoms with van der Waals surface area (Å²) < 4.78 is 44.6. The summed E-state index contributed by atoms with van der Waals surface area (Å²) in [5.74, 6) is -2.71. The first kappa shape index (κ1) is 23.1. The molecule has 8 nitrogen and oxygen atoms in total. The number of carbonyl (C=O) groups is 2. The smallest absolute Gasteiger partial charge is 0.475 e. The normalized spacial score (nSPS) is 15.3. The van der Waals surface area contributed by atoms with Crippen molar-refractivity contribution in [1.29, 1.82) is 0 Å². The predicted molar refractivity (Wildman–Crippen MR) is 105 cm³/mol. The second-order valence-corrected chi connectivity index (χ2v) is 6.82. The standard InChI is InChI=1S/C19H19N3O3.C2HF3O2/c23-19(16-7-4-9-24-16)20-11-17-18-15(8-10-25-17)13-22(21-18)12-14-5-2-1-3-6-14;3-2(4,5)1(6)7/h1-7,9,13,17H,8,10-12H2,(H,20,23);(H,6,7). The molecule has 0 spiro atoms. The number of benzene rings is 1. The molecular formula is C21H20F3N3O5. The molecular weight excluding hydrogens is 431 g/mol. The monoisotopic (exact) mass is 451 g/mol. The van der Waals surface area contributed by atoms with Gasteiger partial charge in [-0.1, -0.05) is 30.3 Å². The van der Waals surface area contributed by atoms with E-state index in [2.05, 4.69) is 28.7 Å². The van der Waals surface area contributed by atoms with Gasteiger partial charge in [0, 0.05) is 12.7 Å². The van der Waals surface area contributed by atoms with Crippen LogP contribution in [0.1, 0.15) is 33.5 Å². The largest absolute Gasteiger partial charge is 0.490 e. The molecule has 32 heavy (non-hydrogen) atoms. The lowest BCUT2D eigenvalue weighted by Gasteiger charge is -2.22. The number of hydrogen-bond donors (Lipinski definition) is 2. The van der Waals surface area contributed by atoms with Gasteiger partial charge >= 0.3 is 12.1 Å². The molecule has 2 aromatic heterocycles. The quantitative estimate of drug-likeness (QED) is 0.617. The average Bonchev–Trinajstić information content (AvgIpc) is 3.42. The van der Waals surface area contributed by atoms with E-state index in [1.54, 1.807) is 12.1 Å². The zero-order valence-corrected chi connectivity index (χ0v) is 16.7. The molecule has 0 saturated heterocycles. The van der Waals surface area contributed by atoms with Crippen LogP contribution in [0.15, 0.2) is 59.3 Å². The van der Waals surface area contributed by atoms with Gasteiger partial charge in [-0.05, 0) is 29.7 Å². The molecule has 1 atom stereocenters.